The fraction of sp³-hybridized carbons (Fsp3) is 0.0435. The molecule has 0 unspecified atom stereocenters. The summed E-state index contributed by atoms with van der Waals surface area (Å²) in [4.78, 5) is 16.3. The van der Waals surface area contributed by atoms with E-state index in [1.807, 2.05) is 0 Å². The van der Waals surface area contributed by atoms with Crippen LogP contribution < -0.4 is 8.92 Å². The van der Waals surface area contributed by atoms with Gasteiger partial charge < -0.3 is 13.7 Å². The third kappa shape index (κ3) is 4.52. The molecule has 0 aliphatic carbocycles. The number of carbonyl (C=O) groups excluding carboxylic acids is 1. The molecule has 4 rings (SSSR count). The molecule has 0 fully saturated rings. The largest absolute Gasteiger partial charge is 0.493 e. The predicted octanol–water partition coefficient (Wildman–Crippen LogP) is 3.95. The third-order valence-electron chi connectivity index (χ3n) is 4.41. The Hall–Kier alpha value is -3.98. The van der Waals surface area contributed by atoms with Gasteiger partial charge in [-0.15, -0.1) is 0 Å². The normalized spacial score (nSPS) is 14.8. The molecule has 1 aliphatic rings. The SMILES string of the molecule is COc1cc(C=C2N=C(c3cccc(F)c3)OC2=O)ccc1OS(=O)(=O)c1ccccc1. The van der Waals surface area contributed by atoms with E-state index in [9.17, 15) is 17.6 Å². The number of cyclic esters (lactones) is 1. The standard InChI is InChI=1S/C23H16FNO6S/c1-29-21-13-15(10-11-20(21)31-32(27,28)18-8-3-2-4-9-18)12-19-23(26)30-22(25-19)16-6-5-7-17(24)14-16/h2-14H,1H3. The number of halogens is 1. The van der Waals surface area contributed by atoms with E-state index in [2.05, 4.69) is 4.99 Å². The van der Waals surface area contributed by atoms with Crippen LogP contribution in [0.25, 0.3) is 6.08 Å². The highest BCUT2D eigenvalue weighted by Gasteiger charge is 2.25. The highest BCUT2D eigenvalue weighted by Crippen LogP contribution is 2.32. The highest BCUT2D eigenvalue weighted by molar-refractivity contribution is 7.87. The number of nitrogens with zero attached hydrogens (tertiary/aromatic N) is 1. The molecule has 0 saturated heterocycles. The van der Waals surface area contributed by atoms with E-state index in [1.165, 1.54) is 61.7 Å². The molecule has 3 aromatic carbocycles. The zero-order valence-corrected chi connectivity index (χ0v) is 17.5. The molecule has 1 heterocycles. The number of esters is 1. The van der Waals surface area contributed by atoms with E-state index >= 15 is 0 Å². The minimum absolute atomic E-state index is 0.00108. The van der Waals surface area contributed by atoms with Crippen LogP contribution in [0.4, 0.5) is 4.39 Å². The van der Waals surface area contributed by atoms with Crippen LogP contribution in [0.15, 0.2) is 88.4 Å². The van der Waals surface area contributed by atoms with Gasteiger partial charge in [0.1, 0.15) is 10.7 Å². The van der Waals surface area contributed by atoms with Gasteiger partial charge in [0.25, 0.3) is 0 Å². The van der Waals surface area contributed by atoms with Crippen LogP contribution in [0.2, 0.25) is 0 Å². The lowest BCUT2D eigenvalue weighted by Crippen LogP contribution is -2.10. The smallest absolute Gasteiger partial charge is 0.363 e. The lowest BCUT2D eigenvalue weighted by molar-refractivity contribution is -0.129. The van der Waals surface area contributed by atoms with Crippen molar-refractivity contribution in [2.45, 2.75) is 4.90 Å². The number of hydrogen-bond donors (Lipinski definition) is 0. The first-order valence-electron chi connectivity index (χ1n) is 9.32. The lowest BCUT2D eigenvalue weighted by atomic mass is 10.1. The average Bonchev–Trinajstić information content (AvgIpc) is 3.15. The number of carbonyl (C=O) groups is 1. The minimum atomic E-state index is -4.05. The summed E-state index contributed by atoms with van der Waals surface area (Å²) in [6.45, 7) is 0. The first-order valence-corrected chi connectivity index (χ1v) is 10.7. The first kappa shape index (κ1) is 21.3. The predicted molar refractivity (Wildman–Crippen MR) is 114 cm³/mol. The van der Waals surface area contributed by atoms with Crippen LogP contribution in [-0.2, 0) is 19.6 Å². The second-order valence-corrected chi connectivity index (χ2v) is 8.15. The Balaban J connectivity index is 1.62. The molecular formula is C23H16FNO6S. The lowest BCUT2D eigenvalue weighted by Gasteiger charge is -2.11. The van der Waals surface area contributed by atoms with Crippen molar-refractivity contribution in [3.8, 4) is 11.5 Å². The number of aliphatic imine (C=N–C) groups is 1. The third-order valence-corrected chi connectivity index (χ3v) is 5.66. The number of methoxy groups -OCH3 is 1. The summed E-state index contributed by atoms with van der Waals surface area (Å²) in [5.74, 6) is -1.07. The highest BCUT2D eigenvalue weighted by atomic mass is 32.2. The van der Waals surface area contributed by atoms with Gasteiger partial charge >= 0.3 is 16.1 Å². The summed E-state index contributed by atoms with van der Waals surface area (Å²) in [6, 6.07) is 17.7. The van der Waals surface area contributed by atoms with Crippen molar-refractivity contribution in [3.05, 3.63) is 95.4 Å². The molecule has 0 N–H and O–H groups in total. The van der Waals surface area contributed by atoms with E-state index in [0.717, 1.165) is 0 Å². The van der Waals surface area contributed by atoms with Crippen LogP contribution >= 0.6 is 0 Å². The van der Waals surface area contributed by atoms with Crippen molar-refractivity contribution in [2.24, 2.45) is 4.99 Å². The molecule has 162 valence electrons. The fourth-order valence-electron chi connectivity index (χ4n) is 2.91. The molecule has 7 nitrogen and oxygen atoms in total. The molecule has 0 radical (unpaired) electrons. The van der Waals surface area contributed by atoms with Gasteiger partial charge in [-0.25, -0.2) is 14.2 Å². The molecule has 1 aliphatic heterocycles. The summed E-state index contributed by atoms with van der Waals surface area (Å²) in [6.07, 6.45) is 1.44. The monoisotopic (exact) mass is 453 g/mol. The Bertz CT molecular complexity index is 1350. The minimum Gasteiger partial charge on any atom is -0.493 e. The molecule has 9 heteroatoms. The Morgan fingerprint density at radius 1 is 0.969 bits per heavy atom. The van der Waals surface area contributed by atoms with Crippen molar-refractivity contribution < 1.29 is 31.3 Å². The van der Waals surface area contributed by atoms with Crippen molar-refractivity contribution in [1.29, 1.82) is 0 Å². The Kier molecular flexibility index (Phi) is 5.74. The summed E-state index contributed by atoms with van der Waals surface area (Å²) < 4.78 is 54.0. The number of rotatable bonds is 6. The van der Waals surface area contributed by atoms with Crippen molar-refractivity contribution in [3.63, 3.8) is 0 Å². The summed E-state index contributed by atoms with van der Waals surface area (Å²) in [7, 11) is -2.69. The van der Waals surface area contributed by atoms with Gasteiger partial charge in [-0.3, -0.25) is 0 Å². The van der Waals surface area contributed by atoms with Gasteiger partial charge in [-0.05, 0) is 54.1 Å². The Morgan fingerprint density at radius 2 is 1.75 bits per heavy atom. The average molecular weight is 453 g/mol. The van der Waals surface area contributed by atoms with Gasteiger partial charge in [0.05, 0.1) is 7.11 Å². The van der Waals surface area contributed by atoms with Crippen molar-refractivity contribution in [1.82, 2.24) is 0 Å². The van der Waals surface area contributed by atoms with E-state index in [1.54, 1.807) is 24.3 Å². The zero-order chi connectivity index (χ0) is 22.7. The topological polar surface area (TPSA) is 91.3 Å². The molecule has 0 spiro atoms. The van der Waals surface area contributed by atoms with Crippen LogP contribution in [-0.4, -0.2) is 27.4 Å². The molecule has 0 bridgehead atoms. The molecule has 0 amide bonds. The van der Waals surface area contributed by atoms with E-state index in [4.69, 9.17) is 13.7 Å². The van der Waals surface area contributed by atoms with Gasteiger partial charge in [-0.1, -0.05) is 30.3 Å². The van der Waals surface area contributed by atoms with Crippen LogP contribution in [0.5, 0.6) is 11.5 Å². The molecule has 3 aromatic rings. The van der Waals surface area contributed by atoms with Crippen LogP contribution in [0.1, 0.15) is 11.1 Å². The Labute approximate surface area is 183 Å². The van der Waals surface area contributed by atoms with Crippen LogP contribution in [0, 0.1) is 5.82 Å². The van der Waals surface area contributed by atoms with E-state index < -0.39 is 21.9 Å². The van der Waals surface area contributed by atoms with Gasteiger partial charge in [0, 0.05) is 5.56 Å². The van der Waals surface area contributed by atoms with Crippen molar-refractivity contribution >= 4 is 28.1 Å². The number of ether oxygens (including phenoxy) is 2. The maximum atomic E-state index is 13.4. The van der Waals surface area contributed by atoms with Crippen molar-refractivity contribution in [2.75, 3.05) is 7.11 Å². The molecule has 32 heavy (non-hydrogen) atoms. The second kappa shape index (κ2) is 8.64. The van der Waals surface area contributed by atoms with Gasteiger partial charge in [0.2, 0.25) is 5.90 Å². The molecular weight excluding hydrogens is 437 g/mol. The quantitative estimate of drug-likeness (QED) is 0.319. The second-order valence-electron chi connectivity index (χ2n) is 6.61. The summed E-state index contributed by atoms with van der Waals surface area (Å²) in [5, 5.41) is 0. The maximum Gasteiger partial charge on any atom is 0.363 e. The van der Waals surface area contributed by atoms with E-state index in [0.29, 0.717) is 11.1 Å². The number of hydrogen-bond acceptors (Lipinski definition) is 7. The Morgan fingerprint density at radius 3 is 2.47 bits per heavy atom. The first-order chi connectivity index (χ1) is 15.4. The van der Waals surface area contributed by atoms with E-state index in [-0.39, 0.29) is 28.0 Å². The summed E-state index contributed by atoms with van der Waals surface area (Å²) >= 11 is 0. The summed E-state index contributed by atoms with van der Waals surface area (Å²) in [5.41, 5.74) is 0.814. The molecule has 0 saturated carbocycles. The van der Waals surface area contributed by atoms with Gasteiger partial charge in [-0.2, -0.15) is 8.42 Å². The zero-order valence-electron chi connectivity index (χ0n) is 16.7. The fourth-order valence-corrected chi connectivity index (χ4v) is 3.87. The van der Waals surface area contributed by atoms with Gasteiger partial charge in [0.15, 0.2) is 17.2 Å². The molecule has 0 aromatic heterocycles. The van der Waals surface area contributed by atoms with Crippen LogP contribution in [0.3, 0.4) is 0 Å². The number of benzene rings is 3. The molecule has 0 atom stereocenters. The maximum absolute atomic E-state index is 13.4.